The lowest BCUT2D eigenvalue weighted by molar-refractivity contribution is 0.295. The Hall–Kier alpha value is -2.36. The Labute approximate surface area is 97.9 Å². The van der Waals surface area contributed by atoms with Gasteiger partial charge in [-0.15, -0.1) is 0 Å². The Morgan fingerprint density at radius 3 is 2.76 bits per heavy atom. The van der Waals surface area contributed by atoms with Crippen LogP contribution in [0.25, 0.3) is 11.0 Å². The fraction of sp³-hybridized carbons (Fsp3) is 0.0769. The van der Waals surface area contributed by atoms with Crippen molar-refractivity contribution in [1.82, 2.24) is 9.97 Å². The first-order valence-electron chi connectivity index (χ1n) is 5.28. The van der Waals surface area contributed by atoms with E-state index in [9.17, 15) is 0 Å². The quantitative estimate of drug-likeness (QED) is 0.689. The van der Waals surface area contributed by atoms with Crippen LogP contribution in [0.15, 0.2) is 53.4 Å². The standard InChI is InChI=1S/C13H10N2O2/c1-2-5-11-10(4-1)12(8-16-11)17-9-13-14-6-3-7-15-13/h1-8H,9H2. The van der Waals surface area contributed by atoms with Crippen molar-refractivity contribution in [2.24, 2.45) is 0 Å². The Morgan fingerprint density at radius 2 is 1.88 bits per heavy atom. The van der Waals surface area contributed by atoms with Crippen molar-refractivity contribution in [2.75, 3.05) is 0 Å². The van der Waals surface area contributed by atoms with Gasteiger partial charge in [0, 0.05) is 12.4 Å². The second kappa shape index (κ2) is 4.25. The number of para-hydroxylation sites is 1. The average molecular weight is 226 g/mol. The maximum absolute atomic E-state index is 5.63. The lowest BCUT2D eigenvalue weighted by Crippen LogP contribution is -1.99. The molecule has 0 fully saturated rings. The van der Waals surface area contributed by atoms with Gasteiger partial charge in [0.05, 0.1) is 5.39 Å². The molecule has 0 N–H and O–H groups in total. The monoisotopic (exact) mass is 226 g/mol. The van der Waals surface area contributed by atoms with Crippen LogP contribution in [0.3, 0.4) is 0 Å². The summed E-state index contributed by atoms with van der Waals surface area (Å²) in [7, 11) is 0. The molecule has 84 valence electrons. The number of benzene rings is 1. The first kappa shape index (κ1) is 9.84. The molecule has 3 rings (SSSR count). The molecule has 0 aliphatic rings. The summed E-state index contributed by atoms with van der Waals surface area (Å²) in [5, 5.41) is 0.962. The second-order valence-electron chi connectivity index (χ2n) is 3.55. The summed E-state index contributed by atoms with van der Waals surface area (Å²) >= 11 is 0. The van der Waals surface area contributed by atoms with Crippen LogP contribution < -0.4 is 4.74 Å². The van der Waals surface area contributed by atoms with Gasteiger partial charge in [0.1, 0.15) is 18.5 Å². The van der Waals surface area contributed by atoms with Crippen LogP contribution in [0.5, 0.6) is 5.75 Å². The zero-order valence-electron chi connectivity index (χ0n) is 9.04. The van der Waals surface area contributed by atoms with E-state index in [0.29, 0.717) is 18.2 Å². The summed E-state index contributed by atoms with van der Waals surface area (Å²) in [6.07, 6.45) is 4.99. The zero-order chi connectivity index (χ0) is 11.5. The topological polar surface area (TPSA) is 48.2 Å². The third-order valence-electron chi connectivity index (χ3n) is 2.42. The van der Waals surface area contributed by atoms with Gasteiger partial charge in [0.25, 0.3) is 0 Å². The summed E-state index contributed by atoms with van der Waals surface area (Å²) in [4.78, 5) is 8.18. The molecular formula is C13H10N2O2. The molecule has 0 atom stereocenters. The highest BCUT2D eigenvalue weighted by molar-refractivity contribution is 5.83. The number of aromatic nitrogens is 2. The third-order valence-corrected chi connectivity index (χ3v) is 2.42. The van der Waals surface area contributed by atoms with E-state index in [4.69, 9.17) is 9.15 Å². The molecule has 1 aromatic carbocycles. The lowest BCUT2D eigenvalue weighted by Gasteiger charge is -2.01. The molecule has 0 bridgehead atoms. The SMILES string of the molecule is c1cnc(COc2coc3ccccc23)nc1. The molecular weight excluding hydrogens is 216 g/mol. The molecule has 0 amide bonds. The molecule has 0 radical (unpaired) electrons. The van der Waals surface area contributed by atoms with Crippen LogP contribution in [0.1, 0.15) is 5.82 Å². The number of hydrogen-bond donors (Lipinski definition) is 0. The van der Waals surface area contributed by atoms with Crippen LogP contribution in [0.2, 0.25) is 0 Å². The van der Waals surface area contributed by atoms with Crippen LogP contribution in [-0.2, 0) is 6.61 Å². The summed E-state index contributed by atoms with van der Waals surface area (Å²) in [6, 6.07) is 9.51. The number of nitrogens with zero attached hydrogens (tertiary/aromatic N) is 2. The lowest BCUT2D eigenvalue weighted by atomic mass is 10.2. The van der Waals surface area contributed by atoms with Gasteiger partial charge in [-0.25, -0.2) is 9.97 Å². The first-order valence-corrected chi connectivity index (χ1v) is 5.28. The molecule has 2 heterocycles. The fourth-order valence-corrected chi connectivity index (χ4v) is 1.61. The van der Waals surface area contributed by atoms with Gasteiger partial charge < -0.3 is 9.15 Å². The van der Waals surface area contributed by atoms with E-state index in [1.54, 1.807) is 24.7 Å². The smallest absolute Gasteiger partial charge is 0.166 e. The maximum atomic E-state index is 5.63. The Morgan fingerprint density at radius 1 is 1.06 bits per heavy atom. The van der Waals surface area contributed by atoms with Crippen molar-refractivity contribution in [1.29, 1.82) is 0 Å². The van der Waals surface area contributed by atoms with Crippen molar-refractivity contribution in [3.05, 3.63) is 54.8 Å². The van der Waals surface area contributed by atoms with Crippen molar-refractivity contribution in [3.63, 3.8) is 0 Å². The van der Waals surface area contributed by atoms with Gasteiger partial charge in [-0.2, -0.15) is 0 Å². The van der Waals surface area contributed by atoms with E-state index >= 15 is 0 Å². The highest BCUT2D eigenvalue weighted by Crippen LogP contribution is 2.27. The summed E-state index contributed by atoms with van der Waals surface area (Å²) < 4.78 is 11.0. The molecule has 4 nitrogen and oxygen atoms in total. The Bertz CT molecular complexity index is 619. The van der Waals surface area contributed by atoms with Crippen LogP contribution in [0.4, 0.5) is 0 Å². The molecule has 0 aliphatic heterocycles. The van der Waals surface area contributed by atoms with Crippen LogP contribution >= 0.6 is 0 Å². The van der Waals surface area contributed by atoms with E-state index in [-0.39, 0.29) is 0 Å². The highest BCUT2D eigenvalue weighted by Gasteiger charge is 2.06. The summed E-state index contributed by atoms with van der Waals surface area (Å²) in [5.74, 6) is 1.37. The number of hydrogen-bond acceptors (Lipinski definition) is 4. The molecule has 4 heteroatoms. The van der Waals surface area contributed by atoms with Crippen molar-refractivity contribution in [2.45, 2.75) is 6.61 Å². The van der Waals surface area contributed by atoms with E-state index in [0.717, 1.165) is 11.0 Å². The number of ether oxygens (including phenoxy) is 1. The predicted octanol–water partition coefficient (Wildman–Crippen LogP) is 2.80. The summed E-state index contributed by atoms with van der Waals surface area (Å²) in [5.41, 5.74) is 0.816. The van der Waals surface area contributed by atoms with Gasteiger partial charge in [0.2, 0.25) is 0 Å². The van der Waals surface area contributed by atoms with E-state index in [1.807, 2.05) is 24.3 Å². The van der Waals surface area contributed by atoms with E-state index in [1.165, 1.54) is 0 Å². The maximum Gasteiger partial charge on any atom is 0.166 e. The van der Waals surface area contributed by atoms with Crippen molar-refractivity contribution < 1.29 is 9.15 Å². The second-order valence-corrected chi connectivity index (χ2v) is 3.55. The minimum atomic E-state index is 0.338. The average Bonchev–Trinajstić information content (AvgIpc) is 2.81. The normalized spacial score (nSPS) is 10.6. The van der Waals surface area contributed by atoms with Crippen molar-refractivity contribution >= 4 is 11.0 Å². The molecule has 2 aromatic heterocycles. The Balaban J connectivity index is 1.82. The molecule has 0 aliphatic carbocycles. The molecule has 0 unspecified atom stereocenters. The van der Waals surface area contributed by atoms with E-state index in [2.05, 4.69) is 9.97 Å². The van der Waals surface area contributed by atoms with Gasteiger partial charge in [0.15, 0.2) is 11.6 Å². The van der Waals surface area contributed by atoms with Gasteiger partial charge in [-0.1, -0.05) is 12.1 Å². The molecule has 3 aromatic rings. The van der Waals surface area contributed by atoms with Gasteiger partial charge in [-0.3, -0.25) is 0 Å². The molecule has 17 heavy (non-hydrogen) atoms. The minimum Gasteiger partial charge on any atom is -0.482 e. The zero-order valence-corrected chi connectivity index (χ0v) is 9.04. The minimum absolute atomic E-state index is 0.338. The molecule has 0 saturated carbocycles. The fourth-order valence-electron chi connectivity index (χ4n) is 1.61. The Kier molecular flexibility index (Phi) is 2.46. The molecule has 0 spiro atoms. The number of fused-ring (bicyclic) bond motifs is 1. The number of rotatable bonds is 3. The van der Waals surface area contributed by atoms with Crippen LogP contribution in [-0.4, -0.2) is 9.97 Å². The summed E-state index contributed by atoms with van der Waals surface area (Å²) in [6.45, 7) is 0.338. The first-order chi connectivity index (χ1) is 8.43. The van der Waals surface area contributed by atoms with Gasteiger partial charge in [-0.05, 0) is 18.2 Å². The highest BCUT2D eigenvalue weighted by atomic mass is 16.5. The number of furan rings is 1. The van der Waals surface area contributed by atoms with E-state index < -0.39 is 0 Å². The third kappa shape index (κ3) is 1.97. The van der Waals surface area contributed by atoms with Gasteiger partial charge >= 0.3 is 0 Å². The van der Waals surface area contributed by atoms with Crippen LogP contribution in [0, 0.1) is 0 Å². The predicted molar refractivity (Wildman–Crippen MR) is 62.6 cm³/mol. The largest absolute Gasteiger partial charge is 0.482 e. The molecule has 0 saturated heterocycles. The van der Waals surface area contributed by atoms with Crippen molar-refractivity contribution in [3.8, 4) is 5.75 Å².